The van der Waals surface area contributed by atoms with Crippen LogP contribution in [0, 0.1) is 0 Å². The number of hydrogen-bond donors (Lipinski definition) is 3. The average Bonchev–Trinajstić information content (AvgIpc) is 3.27. The molecule has 4 atom stereocenters. The Hall–Kier alpha value is -2.60. The summed E-state index contributed by atoms with van der Waals surface area (Å²) >= 11 is 6.22. The molecule has 2 fully saturated rings. The highest BCUT2D eigenvalue weighted by Gasteiger charge is 2.39. The largest absolute Gasteiger partial charge is 0.351 e. The number of fused-ring (bicyclic) bond motifs is 1. The van der Waals surface area contributed by atoms with Crippen molar-refractivity contribution in [1.82, 2.24) is 25.6 Å². The predicted octanol–water partition coefficient (Wildman–Crippen LogP) is 2.73. The maximum atomic E-state index is 13.8. The van der Waals surface area contributed by atoms with Gasteiger partial charge in [0.25, 0.3) is 5.91 Å². The van der Waals surface area contributed by atoms with E-state index in [9.17, 15) is 13.2 Å². The monoisotopic (exact) mass is 561 g/mol. The highest BCUT2D eigenvalue weighted by molar-refractivity contribution is 7.92. The van der Waals surface area contributed by atoms with E-state index in [0.29, 0.717) is 23.7 Å². The van der Waals surface area contributed by atoms with Crippen LogP contribution in [0.5, 0.6) is 0 Å². The fourth-order valence-corrected chi connectivity index (χ4v) is 6.42. The molecule has 2 saturated heterocycles. The van der Waals surface area contributed by atoms with Gasteiger partial charge in [-0.2, -0.15) is 0 Å². The van der Waals surface area contributed by atoms with E-state index < -0.39 is 10.0 Å². The van der Waals surface area contributed by atoms with Crippen LogP contribution in [0.2, 0.25) is 5.02 Å². The molecule has 0 saturated carbocycles. The number of aliphatic imine (C=N–C) groups is 1. The summed E-state index contributed by atoms with van der Waals surface area (Å²) in [7, 11) is -3.57. The van der Waals surface area contributed by atoms with Crippen LogP contribution in [-0.4, -0.2) is 85.0 Å². The van der Waals surface area contributed by atoms with Gasteiger partial charge in [-0.05, 0) is 64.3 Å². The lowest BCUT2D eigenvalue weighted by Crippen LogP contribution is -2.57. The number of amidine groups is 1. The second-order valence-electron chi connectivity index (χ2n) is 10.7. The summed E-state index contributed by atoms with van der Waals surface area (Å²) in [5.74, 6) is 1.57. The summed E-state index contributed by atoms with van der Waals surface area (Å²) in [5, 5.41) is 5.85. The van der Waals surface area contributed by atoms with Crippen LogP contribution < -0.4 is 15.5 Å². The van der Waals surface area contributed by atoms with Gasteiger partial charge in [-0.25, -0.2) is 18.8 Å². The summed E-state index contributed by atoms with van der Waals surface area (Å²) in [4.78, 5) is 23.1. The Morgan fingerprint density at radius 2 is 2.03 bits per heavy atom. The molecule has 1 aromatic carbocycles. The molecule has 38 heavy (non-hydrogen) atoms. The van der Waals surface area contributed by atoms with E-state index in [1.807, 2.05) is 9.91 Å². The van der Waals surface area contributed by atoms with Crippen LogP contribution in [0.3, 0.4) is 0 Å². The Balaban J connectivity index is 1.41. The fourth-order valence-electron chi connectivity index (χ4n) is 5.67. The molecule has 0 bridgehead atoms. The highest BCUT2D eigenvalue weighted by atomic mass is 35.5. The molecule has 4 aliphatic rings. The minimum atomic E-state index is -3.57. The van der Waals surface area contributed by atoms with E-state index in [2.05, 4.69) is 53.4 Å². The van der Waals surface area contributed by atoms with Crippen LogP contribution in [0.4, 0.5) is 5.69 Å². The van der Waals surface area contributed by atoms with Crippen molar-refractivity contribution in [2.75, 3.05) is 30.6 Å². The van der Waals surface area contributed by atoms with Crippen molar-refractivity contribution >= 4 is 39.1 Å². The molecule has 4 unspecified atom stereocenters. The summed E-state index contributed by atoms with van der Waals surface area (Å²) in [6, 6.07) is 5.11. The molecule has 12 heteroatoms. The van der Waals surface area contributed by atoms with Crippen molar-refractivity contribution in [3.63, 3.8) is 0 Å². The first-order valence-electron chi connectivity index (χ1n) is 13.1. The van der Waals surface area contributed by atoms with Gasteiger partial charge in [0.05, 0.1) is 29.6 Å². The van der Waals surface area contributed by atoms with E-state index in [4.69, 9.17) is 16.6 Å². The van der Waals surface area contributed by atoms with Gasteiger partial charge >= 0.3 is 0 Å². The van der Waals surface area contributed by atoms with Crippen molar-refractivity contribution in [3.05, 3.63) is 52.5 Å². The number of nitrogens with zero attached hydrogens (tertiary/aromatic N) is 4. The molecule has 3 N–H and O–H groups in total. The van der Waals surface area contributed by atoms with Gasteiger partial charge in [0.15, 0.2) is 0 Å². The van der Waals surface area contributed by atoms with E-state index in [0.717, 1.165) is 55.8 Å². The molecular formula is C26H36ClN7O3S. The number of piperazine rings is 1. The Morgan fingerprint density at radius 3 is 2.79 bits per heavy atom. The molecule has 10 nitrogen and oxygen atoms in total. The zero-order valence-electron chi connectivity index (χ0n) is 22.2. The van der Waals surface area contributed by atoms with Crippen molar-refractivity contribution in [3.8, 4) is 0 Å². The smallest absolute Gasteiger partial charge is 0.256 e. The molecule has 1 aromatic rings. The van der Waals surface area contributed by atoms with Crippen molar-refractivity contribution in [2.24, 2.45) is 4.99 Å². The number of halogens is 1. The Bertz CT molecular complexity index is 1310. The first-order chi connectivity index (χ1) is 18.0. The van der Waals surface area contributed by atoms with Gasteiger partial charge in [-0.15, -0.1) is 0 Å². The zero-order valence-corrected chi connectivity index (χ0v) is 23.8. The van der Waals surface area contributed by atoms with Gasteiger partial charge in [0.2, 0.25) is 10.0 Å². The molecule has 0 aliphatic carbocycles. The zero-order chi connectivity index (χ0) is 27.2. The first-order valence-corrected chi connectivity index (χ1v) is 15.4. The third-order valence-electron chi connectivity index (χ3n) is 7.53. The van der Waals surface area contributed by atoms with Crippen LogP contribution in [0.1, 0.15) is 50.4 Å². The van der Waals surface area contributed by atoms with Gasteiger partial charge in [-0.1, -0.05) is 11.6 Å². The molecule has 0 aromatic heterocycles. The number of hydrazine groups is 1. The number of amides is 1. The van der Waals surface area contributed by atoms with E-state index in [1.165, 1.54) is 12.1 Å². The summed E-state index contributed by atoms with van der Waals surface area (Å²) in [6.07, 6.45) is 7.94. The number of likely N-dealkylation sites (tertiary alicyclic amines) is 1. The van der Waals surface area contributed by atoms with Crippen molar-refractivity contribution < 1.29 is 13.2 Å². The molecular weight excluding hydrogens is 526 g/mol. The number of carbonyl (C=O) groups is 1. The number of benzene rings is 1. The second-order valence-corrected chi connectivity index (χ2v) is 12.9. The maximum Gasteiger partial charge on any atom is 0.256 e. The fraction of sp³-hybridized carbons (Fsp3) is 0.538. The number of carbonyl (C=O) groups excluding carboxylic acids is 1. The summed E-state index contributed by atoms with van der Waals surface area (Å²) in [6.45, 7) is 8.86. The quantitative estimate of drug-likeness (QED) is 0.518. The highest BCUT2D eigenvalue weighted by Crippen LogP contribution is 2.32. The number of hydrogen-bond acceptors (Lipinski definition) is 8. The van der Waals surface area contributed by atoms with Crippen LogP contribution in [0.25, 0.3) is 0 Å². The van der Waals surface area contributed by atoms with Crippen LogP contribution in [-0.2, 0) is 10.0 Å². The van der Waals surface area contributed by atoms with E-state index >= 15 is 0 Å². The number of anilines is 1. The topological polar surface area (TPSA) is 109 Å². The van der Waals surface area contributed by atoms with E-state index in [-0.39, 0.29) is 29.2 Å². The lowest BCUT2D eigenvalue weighted by atomic mass is 9.94. The Morgan fingerprint density at radius 1 is 1.24 bits per heavy atom. The summed E-state index contributed by atoms with van der Waals surface area (Å²) in [5.41, 5.74) is 5.09. The Labute approximate surface area is 229 Å². The maximum absolute atomic E-state index is 13.8. The van der Waals surface area contributed by atoms with Gasteiger partial charge in [0.1, 0.15) is 11.7 Å². The SMILES string of the molecule is CC1=CN2NC(C3CCCCN3C(=O)c3cc(Cl)ccc3NS(C)(=O)=O)C=C2N=C1N1CC(C)NCC1C. The van der Waals surface area contributed by atoms with Gasteiger partial charge in [-0.3, -0.25) is 14.5 Å². The van der Waals surface area contributed by atoms with Crippen molar-refractivity contribution in [2.45, 2.75) is 64.2 Å². The molecule has 0 spiro atoms. The number of rotatable bonds is 4. The number of piperidine rings is 1. The van der Waals surface area contributed by atoms with Crippen molar-refractivity contribution in [1.29, 1.82) is 0 Å². The standard InChI is InChI=1S/C26H36ClN7O3S/c1-16-14-34-24(29-25(16)33-15-17(2)28-13-18(33)3)12-22(30-34)23-7-5-6-10-32(23)26(35)20-11-19(27)8-9-21(20)31-38(4,36)37/h8-9,11-12,14,17-18,22-23,28,30-31H,5-7,10,13,15H2,1-4H3. The van der Waals surface area contributed by atoms with Gasteiger partial charge < -0.3 is 15.1 Å². The molecule has 5 rings (SSSR count). The Kier molecular flexibility index (Phi) is 7.47. The molecule has 4 heterocycles. The predicted molar refractivity (Wildman–Crippen MR) is 150 cm³/mol. The van der Waals surface area contributed by atoms with Crippen LogP contribution >= 0.6 is 11.6 Å². The lowest BCUT2D eigenvalue weighted by Gasteiger charge is -2.41. The molecule has 1 amide bonds. The van der Waals surface area contributed by atoms with E-state index in [1.54, 1.807) is 6.07 Å². The average molecular weight is 562 g/mol. The third kappa shape index (κ3) is 5.56. The summed E-state index contributed by atoms with van der Waals surface area (Å²) < 4.78 is 26.4. The minimum Gasteiger partial charge on any atom is -0.351 e. The van der Waals surface area contributed by atoms with Gasteiger partial charge in [0, 0.05) is 48.5 Å². The van der Waals surface area contributed by atoms with Crippen LogP contribution in [0.15, 0.2) is 46.9 Å². The number of sulfonamides is 1. The number of nitrogens with one attached hydrogen (secondary N) is 3. The normalized spacial score (nSPS) is 27.9. The minimum absolute atomic E-state index is 0.120. The first kappa shape index (κ1) is 27.0. The lowest BCUT2D eigenvalue weighted by molar-refractivity contribution is 0.0562. The second kappa shape index (κ2) is 10.5. The molecule has 4 aliphatic heterocycles. The molecule has 206 valence electrons. The third-order valence-corrected chi connectivity index (χ3v) is 8.35. The molecule has 0 radical (unpaired) electrons.